The van der Waals surface area contributed by atoms with Gasteiger partial charge in [0.25, 0.3) is 0 Å². The van der Waals surface area contributed by atoms with Gasteiger partial charge in [-0.25, -0.2) is 0 Å². The first-order chi connectivity index (χ1) is 9.90. The van der Waals surface area contributed by atoms with Crippen LogP contribution >= 0.6 is 11.3 Å². The highest BCUT2D eigenvalue weighted by atomic mass is 32.1. The Bertz CT molecular complexity index is 500. The van der Waals surface area contributed by atoms with E-state index >= 15 is 0 Å². The Kier molecular flexibility index (Phi) is 4.66. The molecule has 3 nitrogen and oxygen atoms in total. The molecule has 106 valence electrons. The van der Waals surface area contributed by atoms with Gasteiger partial charge in [0.15, 0.2) is 0 Å². The van der Waals surface area contributed by atoms with Crippen molar-refractivity contribution in [3.63, 3.8) is 0 Å². The quantitative estimate of drug-likeness (QED) is 0.843. The van der Waals surface area contributed by atoms with Crippen molar-refractivity contribution in [3.05, 3.63) is 46.9 Å². The summed E-state index contributed by atoms with van der Waals surface area (Å²) in [4.78, 5) is 8.03. The number of aromatic nitrogens is 1. The van der Waals surface area contributed by atoms with E-state index in [4.69, 9.17) is 4.74 Å². The minimum absolute atomic E-state index is 0.636. The smallest absolute Gasteiger partial charge is 0.119 e. The number of hydrogen-bond donors (Lipinski definition) is 0. The second-order valence-corrected chi connectivity index (χ2v) is 6.31. The number of likely N-dealkylation sites (tertiary alicyclic amines) is 1. The molecule has 20 heavy (non-hydrogen) atoms. The molecular weight excluding hydrogens is 268 g/mol. The first-order valence-corrected chi connectivity index (χ1v) is 8.06. The van der Waals surface area contributed by atoms with E-state index in [1.54, 1.807) is 11.3 Å². The standard InChI is InChI=1S/C16H20N2OS/c1-2-6-15(7-3-1)19-12-14-5-4-8-18(10-14)11-16-9-17-13-20-16/h1-3,6-7,9,13-14H,4-5,8,10-12H2. The van der Waals surface area contributed by atoms with Gasteiger partial charge in [-0.3, -0.25) is 9.88 Å². The number of para-hydroxylation sites is 1. The predicted molar refractivity (Wildman–Crippen MR) is 82.1 cm³/mol. The summed E-state index contributed by atoms with van der Waals surface area (Å²) in [5.74, 6) is 1.61. The molecule has 4 heteroatoms. The van der Waals surface area contributed by atoms with Gasteiger partial charge in [0.2, 0.25) is 0 Å². The van der Waals surface area contributed by atoms with E-state index in [9.17, 15) is 0 Å². The van der Waals surface area contributed by atoms with Crippen molar-refractivity contribution in [2.24, 2.45) is 5.92 Å². The summed E-state index contributed by atoms with van der Waals surface area (Å²) in [6.07, 6.45) is 4.52. The van der Waals surface area contributed by atoms with E-state index in [0.717, 1.165) is 25.4 Å². The molecule has 2 heterocycles. The van der Waals surface area contributed by atoms with Crippen LogP contribution in [0.25, 0.3) is 0 Å². The summed E-state index contributed by atoms with van der Waals surface area (Å²) in [7, 11) is 0. The van der Waals surface area contributed by atoms with Gasteiger partial charge in [-0.1, -0.05) is 18.2 Å². The maximum atomic E-state index is 5.89. The molecule has 1 aromatic carbocycles. The number of piperidine rings is 1. The van der Waals surface area contributed by atoms with Gasteiger partial charge in [0.1, 0.15) is 5.75 Å². The number of benzene rings is 1. The summed E-state index contributed by atoms with van der Waals surface area (Å²) in [6, 6.07) is 10.1. The van der Waals surface area contributed by atoms with Crippen LogP contribution in [0.1, 0.15) is 17.7 Å². The Morgan fingerprint density at radius 2 is 2.20 bits per heavy atom. The lowest BCUT2D eigenvalue weighted by Gasteiger charge is -2.32. The van der Waals surface area contributed by atoms with Gasteiger partial charge in [0, 0.05) is 30.1 Å². The Balaban J connectivity index is 1.48. The average molecular weight is 288 g/mol. The molecule has 0 saturated carbocycles. The molecule has 0 N–H and O–H groups in total. The van der Waals surface area contributed by atoms with Gasteiger partial charge in [0.05, 0.1) is 12.1 Å². The fraction of sp³-hybridized carbons (Fsp3) is 0.438. The van der Waals surface area contributed by atoms with Gasteiger partial charge in [-0.05, 0) is 31.5 Å². The molecule has 1 fully saturated rings. The van der Waals surface area contributed by atoms with Crippen LogP contribution in [0.15, 0.2) is 42.0 Å². The van der Waals surface area contributed by atoms with Crippen LogP contribution in [0, 0.1) is 5.92 Å². The molecule has 0 aliphatic carbocycles. The van der Waals surface area contributed by atoms with Crippen molar-refractivity contribution < 1.29 is 4.74 Å². The molecule has 1 aliphatic heterocycles. The van der Waals surface area contributed by atoms with E-state index in [2.05, 4.69) is 9.88 Å². The summed E-state index contributed by atoms with van der Waals surface area (Å²) in [5, 5.41) is 0. The van der Waals surface area contributed by atoms with Crippen LogP contribution in [-0.4, -0.2) is 29.6 Å². The maximum absolute atomic E-state index is 5.89. The molecule has 1 atom stereocenters. The average Bonchev–Trinajstić information content (AvgIpc) is 3.00. The molecule has 1 saturated heterocycles. The number of ether oxygens (including phenoxy) is 1. The number of hydrogen-bond acceptors (Lipinski definition) is 4. The summed E-state index contributed by atoms with van der Waals surface area (Å²) < 4.78 is 5.89. The molecule has 0 spiro atoms. The van der Waals surface area contributed by atoms with Gasteiger partial charge >= 0.3 is 0 Å². The molecule has 0 amide bonds. The van der Waals surface area contributed by atoms with E-state index in [-0.39, 0.29) is 0 Å². The fourth-order valence-corrected chi connectivity index (χ4v) is 3.34. The number of thiazole rings is 1. The van der Waals surface area contributed by atoms with Crippen LogP contribution in [0.5, 0.6) is 5.75 Å². The van der Waals surface area contributed by atoms with E-state index in [1.807, 2.05) is 42.0 Å². The molecule has 0 bridgehead atoms. The van der Waals surface area contributed by atoms with E-state index < -0.39 is 0 Å². The van der Waals surface area contributed by atoms with Gasteiger partial charge in [-0.15, -0.1) is 11.3 Å². The van der Waals surface area contributed by atoms with Crippen molar-refractivity contribution in [1.82, 2.24) is 9.88 Å². The lowest BCUT2D eigenvalue weighted by Crippen LogP contribution is -2.37. The Labute approximate surface area is 124 Å². The number of nitrogens with zero attached hydrogens (tertiary/aromatic N) is 2. The topological polar surface area (TPSA) is 25.4 Å². The molecule has 3 rings (SSSR count). The van der Waals surface area contributed by atoms with E-state index in [0.29, 0.717) is 5.92 Å². The normalized spacial score (nSPS) is 19.9. The van der Waals surface area contributed by atoms with Crippen molar-refractivity contribution in [1.29, 1.82) is 0 Å². The van der Waals surface area contributed by atoms with Crippen molar-refractivity contribution in [2.45, 2.75) is 19.4 Å². The van der Waals surface area contributed by atoms with Crippen molar-refractivity contribution >= 4 is 11.3 Å². The largest absolute Gasteiger partial charge is 0.493 e. The molecule has 1 aliphatic rings. The lowest BCUT2D eigenvalue weighted by molar-refractivity contribution is 0.126. The first-order valence-electron chi connectivity index (χ1n) is 7.18. The Morgan fingerprint density at radius 3 is 3.00 bits per heavy atom. The summed E-state index contributed by atoms with van der Waals surface area (Å²) in [5.41, 5.74) is 1.91. The monoisotopic (exact) mass is 288 g/mol. The van der Waals surface area contributed by atoms with Crippen LogP contribution in [-0.2, 0) is 6.54 Å². The first kappa shape index (κ1) is 13.6. The maximum Gasteiger partial charge on any atom is 0.119 e. The van der Waals surface area contributed by atoms with Crippen molar-refractivity contribution in [3.8, 4) is 5.75 Å². The zero-order valence-electron chi connectivity index (χ0n) is 11.6. The second-order valence-electron chi connectivity index (χ2n) is 5.34. The van der Waals surface area contributed by atoms with Gasteiger partial charge in [-0.2, -0.15) is 0 Å². The second kappa shape index (κ2) is 6.86. The zero-order chi connectivity index (χ0) is 13.6. The van der Waals surface area contributed by atoms with Crippen LogP contribution < -0.4 is 4.74 Å². The third-order valence-corrected chi connectivity index (χ3v) is 4.46. The minimum Gasteiger partial charge on any atom is -0.493 e. The highest BCUT2D eigenvalue weighted by Crippen LogP contribution is 2.21. The predicted octanol–water partition coefficient (Wildman–Crippen LogP) is 3.43. The zero-order valence-corrected chi connectivity index (χ0v) is 12.4. The highest BCUT2D eigenvalue weighted by Gasteiger charge is 2.20. The minimum atomic E-state index is 0.636. The Hall–Kier alpha value is -1.39. The SMILES string of the molecule is c1ccc(OCC2CCCN(Cc3cncs3)C2)cc1. The summed E-state index contributed by atoms with van der Waals surface area (Å²) in [6.45, 7) is 4.18. The molecular formula is C16H20N2OS. The van der Waals surface area contributed by atoms with Gasteiger partial charge < -0.3 is 4.74 Å². The number of rotatable bonds is 5. The Morgan fingerprint density at radius 1 is 1.30 bits per heavy atom. The molecule has 1 unspecified atom stereocenters. The van der Waals surface area contributed by atoms with Crippen LogP contribution in [0.4, 0.5) is 0 Å². The third-order valence-electron chi connectivity index (χ3n) is 3.69. The summed E-state index contributed by atoms with van der Waals surface area (Å²) >= 11 is 1.74. The highest BCUT2D eigenvalue weighted by molar-refractivity contribution is 7.09. The van der Waals surface area contributed by atoms with Crippen molar-refractivity contribution in [2.75, 3.05) is 19.7 Å². The van der Waals surface area contributed by atoms with Crippen LogP contribution in [0.2, 0.25) is 0 Å². The molecule has 0 radical (unpaired) electrons. The fourth-order valence-electron chi connectivity index (χ4n) is 2.70. The van der Waals surface area contributed by atoms with Crippen LogP contribution in [0.3, 0.4) is 0 Å². The lowest BCUT2D eigenvalue weighted by atomic mass is 9.99. The molecule has 1 aromatic heterocycles. The van der Waals surface area contributed by atoms with E-state index in [1.165, 1.54) is 24.3 Å². The third kappa shape index (κ3) is 3.81. The molecule has 2 aromatic rings.